The number of fused-ring (bicyclic) bond motifs is 1. The number of aromatic carboxylic acids is 1. The Labute approximate surface area is 137 Å². The zero-order valence-electron chi connectivity index (χ0n) is 13.4. The van der Waals surface area contributed by atoms with Crippen molar-refractivity contribution in [1.82, 2.24) is 14.0 Å². The van der Waals surface area contributed by atoms with Crippen LogP contribution in [0.2, 0.25) is 0 Å². The number of aromatic nitrogens is 2. The summed E-state index contributed by atoms with van der Waals surface area (Å²) in [5, 5.41) is 9.34. The molecule has 1 aromatic carbocycles. The second-order valence-corrected chi connectivity index (χ2v) is 5.79. The van der Waals surface area contributed by atoms with Gasteiger partial charge < -0.3 is 9.84 Å². The average Bonchev–Trinajstić information content (AvgIpc) is 2.60. The number of rotatable bonds is 4. The van der Waals surface area contributed by atoms with Crippen LogP contribution in [0, 0.1) is 0 Å². The number of hydrogen-bond acceptors (Lipinski definition) is 5. The molecule has 0 saturated carbocycles. The van der Waals surface area contributed by atoms with Crippen LogP contribution >= 0.6 is 0 Å². The highest BCUT2D eigenvalue weighted by Crippen LogP contribution is 2.11. The van der Waals surface area contributed by atoms with Crippen LogP contribution in [0.5, 0.6) is 0 Å². The molecule has 0 bridgehead atoms. The summed E-state index contributed by atoms with van der Waals surface area (Å²) in [6.07, 6.45) is 0. The maximum atomic E-state index is 12.7. The molecule has 1 aliphatic heterocycles. The van der Waals surface area contributed by atoms with Gasteiger partial charge in [-0.2, -0.15) is 0 Å². The molecule has 0 radical (unpaired) electrons. The van der Waals surface area contributed by atoms with Gasteiger partial charge in [-0.15, -0.1) is 0 Å². The van der Waals surface area contributed by atoms with Crippen molar-refractivity contribution in [3.8, 4) is 0 Å². The summed E-state index contributed by atoms with van der Waals surface area (Å²) in [5.74, 6) is -1.11. The van der Waals surface area contributed by atoms with E-state index in [0.717, 1.165) is 13.1 Å². The van der Waals surface area contributed by atoms with E-state index in [1.807, 2.05) is 0 Å². The van der Waals surface area contributed by atoms with E-state index in [9.17, 15) is 14.4 Å². The number of carboxylic acids is 1. The lowest BCUT2D eigenvalue weighted by molar-refractivity contribution is 0.0361. The van der Waals surface area contributed by atoms with Gasteiger partial charge in [0.1, 0.15) is 0 Å². The van der Waals surface area contributed by atoms with E-state index in [-0.39, 0.29) is 17.5 Å². The summed E-state index contributed by atoms with van der Waals surface area (Å²) >= 11 is 0. The first kappa shape index (κ1) is 16.4. The van der Waals surface area contributed by atoms with Crippen LogP contribution < -0.4 is 11.2 Å². The fraction of sp³-hybridized carbons (Fsp3) is 0.438. The Hall–Kier alpha value is -2.45. The monoisotopic (exact) mass is 333 g/mol. The zero-order valence-corrected chi connectivity index (χ0v) is 13.4. The van der Waals surface area contributed by atoms with Crippen molar-refractivity contribution in [3.63, 3.8) is 0 Å². The number of aryl methyl sites for hydroxylation is 1. The van der Waals surface area contributed by atoms with Crippen molar-refractivity contribution in [2.45, 2.75) is 6.54 Å². The van der Waals surface area contributed by atoms with Gasteiger partial charge >= 0.3 is 11.7 Å². The first-order chi connectivity index (χ1) is 11.5. The fourth-order valence-corrected chi connectivity index (χ4v) is 2.91. The summed E-state index contributed by atoms with van der Waals surface area (Å²) in [6.45, 7) is 3.66. The van der Waals surface area contributed by atoms with Crippen molar-refractivity contribution in [3.05, 3.63) is 44.6 Å². The van der Waals surface area contributed by atoms with Crippen molar-refractivity contribution < 1.29 is 14.6 Å². The molecule has 8 nitrogen and oxygen atoms in total. The highest BCUT2D eigenvalue weighted by Gasteiger charge is 2.15. The molecule has 128 valence electrons. The summed E-state index contributed by atoms with van der Waals surface area (Å²) in [7, 11) is 1.58. The smallest absolute Gasteiger partial charge is 0.335 e. The highest BCUT2D eigenvalue weighted by atomic mass is 16.5. The maximum Gasteiger partial charge on any atom is 0.335 e. The Balaban J connectivity index is 2.01. The van der Waals surface area contributed by atoms with Gasteiger partial charge in [-0.1, -0.05) is 0 Å². The number of carbonyl (C=O) groups is 1. The van der Waals surface area contributed by atoms with E-state index in [4.69, 9.17) is 9.84 Å². The lowest BCUT2D eigenvalue weighted by atomic mass is 10.1. The second kappa shape index (κ2) is 6.58. The van der Waals surface area contributed by atoms with E-state index in [2.05, 4.69) is 4.90 Å². The fourth-order valence-electron chi connectivity index (χ4n) is 2.91. The molecular formula is C16H19N3O5. The van der Waals surface area contributed by atoms with Crippen LogP contribution in [0.15, 0.2) is 27.8 Å². The molecule has 3 rings (SSSR count). The lowest BCUT2D eigenvalue weighted by Crippen LogP contribution is -2.44. The Morgan fingerprint density at radius 2 is 1.92 bits per heavy atom. The van der Waals surface area contributed by atoms with Gasteiger partial charge in [0.2, 0.25) is 0 Å². The molecule has 24 heavy (non-hydrogen) atoms. The SMILES string of the molecule is Cn1c(=O)n(CCN2CCOCC2)c(=O)c2cc(C(=O)O)ccc21. The van der Waals surface area contributed by atoms with Gasteiger partial charge in [0, 0.05) is 33.2 Å². The molecule has 2 aromatic rings. The van der Waals surface area contributed by atoms with E-state index in [1.165, 1.54) is 27.3 Å². The second-order valence-electron chi connectivity index (χ2n) is 5.79. The quantitative estimate of drug-likeness (QED) is 0.828. The minimum absolute atomic E-state index is 0.0259. The standard InChI is InChI=1S/C16H19N3O5/c1-17-13-3-2-11(15(21)22)10-12(13)14(20)19(16(17)23)5-4-18-6-8-24-9-7-18/h2-3,10H,4-9H2,1H3,(H,21,22). The molecule has 1 N–H and O–H groups in total. The summed E-state index contributed by atoms with van der Waals surface area (Å²) in [5.41, 5.74) is -0.399. The minimum atomic E-state index is -1.11. The van der Waals surface area contributed by atoms with Gasteiger partial charge in [0.15, 0.2) is 0 Å². The van der Waals surface area contributed by atoms with Gasteiger partial charge in [-0.25, -0.2) is 9.59 Å². The number of ether oxygens (including phenoxy) is 1. The van der Waals surface area contributed by atoms with Crippen LogP contribution in [-0.4, -0.2) is 58.0 Å². The van der Waals surface area contributed by atoms with Crippen LogP contribution in [-0.2, 0) is 18.3 Å². The number of morpholine rings is 1. The maximum absolute atomic E-state index is 12.7. The van der Waals surface area contributed by atoms with E-state index >= 15 is 0 Å². The topological polar surface area (TPSA) is 93.8 Å². The molecule has 0 spiro atoms. The molecule has 0 unspecified atom stereocenters. The Morgan fingerprint density at radius 3 is 2.58 bits per heavy atom. The molecule has 1 aliphatic rings. The molecule has 1 aromatic heterocycles. The Morgan fingerprint density at radius 1 is 1.21 bits per heavy atom. The lowest BCUT2D eigenvalue weighted by Gasteiger charge is -2.26. The third-order valence-corrected chi connectivity index (χ3v) is 4.34. The molecule has 0 atom stereocenters. The van der Waals surface area contributed by atoms with Crippen molar-refractivity contribution in [1.29, 1.82) is 0 Å². The first-order valence-corrected chi connectivity index (χ1v) is 7.76. The summed E-state index contributed by atoms with van der Waals surface area (Å²) < 4.78 is 7.83. The predicted octanol–water partition coefficient (Wildman–Crippen LogP) is -0.269. The predicted molar refractivity (Wildman–Crippen MR) is 87.7 cm³/mol. The van der Waals surface area contributed by atoms with Crippen LogP contribution in [0.25, 0.3) is 10.9 Å². The minimum Gasteiger partial charge on any atom is -0.478 e. The van der Waals surface area contributed by atoms with Crippen LogP contribution in [0.4, 0.5) is 0 Å². The van der Waals surface area contributed by atoms with Gasteiger partial charge in [0.05, 0.1) is 29.7 Å². The summed E-state index contributed by atoms with van der Waals surface area (Å²) in [6, 6.07) is 4.21. The van der Waals surface area contributed by atoms with E-state index in [1.54, 1.807) is 7.05 Å². The van der Waals surface area contributed by atoms with Gasteiger partial charge in [-0.05, 0) is 18.2 Å². The Bertz CT molecular complexity index is 893. The van der Waals surface area contributed by atoms with Crippen molar-refractivity contribution >= 4 is 16.9 Å². The van der Waals surface area contributed by atoms with Crippen LogP contribution in [0.1, 0.15) is 10.4 Å². The van der Waals surface area contributed by atoms with E-state index < -0.39 is 17.2 Å². The first-order valence-electron chi connectivity index (χ1n) is 7.76. The third-order valence-electron chi connectivity index (χ3n) is 4.34. The van der Waals surface area contributed by atoms with E-state index in [0.29, 0.717) is 25.3 Å². The molecule has 0 amide bonds. The number of carboxylic acid groups (broad SMARTS) is 1. The van der Waals surface area contributed by atoms with Gasteiger partial charge in [0.25, 0.3) is 5.56 Å². The number of benzene rings is 1. The molecule has 8 heteroatoms. The number of hydrogen-bond donors (Lipinski definition) is 1. The average molecular weight is 333 g/mol. The number of nitrogens with zero attached hydrogens (tertiary/aromatic N) is 3. The molecule has 1 fully saturated rings. The third kappa shape index (κ3) is 2.98. The van der Waals surface area contributed by atoms with Gasteiger partial charge in [-0.3, -0.25) is 18.8 Å². The van der Waals surface area contributed by atoms with Crippen molar-refractivity contribution in [2.24, 2.45) is 7.05 Å². The van der Waals surface area contributed by atoms with Crippen LogP contribution in [0.3, 0.4) is 0 Å². The highest BCUT2D eigenvalue weighted by molar-refractivity contribution is 5.93. The molecule has 0 aliphatic carbocycles. The largest absolute Gasteiger partial charge is 0.478 e. The zero-order chi connectivity index (χ0) is 17.3. The molecule has 1 saturated heterocycles. The normalized spacial score (nSPS) is 15.7. The summed E-state index contributed by atoms with van der Waals surface area (Å²) in [4.78, 5) is 38.4. The van der Waals surface area contributed by atoms with Crippen molar-refractivity contribution in [2.75, 3.05) is 32.8 Å². The molecular weight excluding hydrogens is 314 g/mol. The Kier molecular flexibility index (Phi) is 4.50. The molecule has 2 heterocycles.